The number of nitrogens with zero attached hydrogens (tertiary/aromatic N) is 1. The first-order valence-electron chi connectivity index (χ1n) is 6.66. The van der Waals surface area contributed by atoms with Gasteiger partial charge >= 0.3 is 0 Å². The van der Waals surface area contributed by atoms with E-state index in [0.717, 1.165) is 18.6 Å². The fourth-order valence-corrected chi connectivity index (χ4v) is 1.80. The molecule has 0 spiro atoms. The lowest BCUT2D eigenvalue weighted by atomic mass is 10.1. The molecule has 0 aromatic heterocycles. The summed E-state index contributed by atoms with van der Waals surface area (Å²) < 4.78 is 11.0. The molecule has 1 atom stereocenters. The minimum absolute atomic E-state index is 0.387. The summed E-state index contributed by atoms with van der Waals surface area (Å²) in [5.41, 5.74) is -0.589. The molecule has 0 amide bonds. The Bertz CT molecular complexity index is 426. The SMILES string of the molecule is CC(C#N)(COCCOc1ccccc1)NC1CC1. The van der Waals surface area contributed by atoms with Crippen LogP contribution in [0.25, 0.3) is 0 Å². The van der Waals surface area contributed by atoms with E-state index in [1.54, 1.807) is 0 Å². The van der Waals surface area contributed by atoms with E-state index in [-0.39, 0.29) is 0 Å². The van der Waals surface area contributed by atoms with Gasteiger partial charge in [-0.2, -0.15) is 5.26 Å². The molecule has 1 aromatic carbocycles. The minimum Gasteiger partial charge on any atom is -0.491 e. The van der Waals surface area contributed by atoms with Gasteiger partial charge in [0, 0.05) is 6.04 Å². The molecule has 1 aromatic rings. The van der Waals surface area contributed by atoms with Gasteiger partial charge < -0.3 is 9.47 Å². The second kappa shape index (κ2) is 6.55. The van der Waals surface area contributed by atoms with Crippen LogP contribution in [-0.4, -0.2) is 31.4 Å². The maximum absolute atomic E-state index is 9.17. The molecule has 19 heavy (non-hydrogen) atoms. The van der Waals surface area contributed by atoms with Crippen molar-refractivity contribution in [1.82, 2.24) is 5.32 Å². The van der Waals surface area contributed by atoms with Crippen molar-refractivity contribution >= 4 is 0 Å². The van der Waals surface area contributed by atoms with Crippen LogP contribution in [0.2, 0.25) is 0 Å². The first-order valence-corrected chi connectivity index (χ1v) is 6.66. The number of hydrogen-bond donors (Lipinski definition) is 1. The first-order chi connectivity index (χ1) is 9.22. The van der Waals surface area contributed by atoms with Crippen LogP contribution in [0.5, 0.6) is 5.75 Å². The molecule has 0 heterocycles. The Kier molecular flexibility index (Phi) is 4.78. The van der Waals surface area contributed by atoms with E-state index < -0.39 is 5.54 Å². The molecule has 0 saturated heterocycles. The third-order valence-electron chi connectivity index (χ3n) is 2.98. The molecule has 4 nitrogen and oxygen atoms in total. The van der Waals surface area contributed by atoms with Crippen molar-refractivity contribution < 1.29 is 9.47 Å². The summed E-state index contributed by atoms with van der Waals surface area (Å²) in [4.78, 5) is 0. The lowest BCUT2D eigenvalue weighted by Crippen LogP contribution is -2.46. The third kappa shape index (κ3) is 4.90. The molecular formula is C15H20N2O2. The average Bonchev–Trinajstić information content (AvgIpc) is 3.23. The Hall–Kier alpha value is -1.57. The van der Waals surface area contributed by atoms with Crippen LogP contribution in [0, 0.1) is 11.3 Å². The second-order valence-corrected chi connectivity index (χ2v) is 5.08. The summed E-state index contributed by atoms with van der Waals surface area (Å²) in [7, 11) is 0. The van der Waals surface area contributed by atoms with Gasteiger partial charge in [-0.25, -0.2) is 0 Å². The lowest BCUT2D eigenvalue weighted by molar-refractivity contribution is 0.0707. The van der Waals surface area contributed by atoms with Crippen LogP contribution in [0.15, 0.2) is 30.3 Å². The Morgan fingerprint density at radius 2 is 2.05 bits per heavy atom. The summed E-state index contributed by atoms with van der Waals surface area (Å²) in [6.45, 7) is 3.25. The molecule has 0 bridgehead atoms. The topological polar surface area (TPSA) is 54.3 Å². The van der Waals surface area contributed by atoms with Gasteiger partial charge in [-0.1, -0.05) is 18.2 Å². The number of nitrogens with one attached hydrogen (secondary N) is 1. The Balaban J connectivity index is 1.61. The van der Waals surface area contributed by atoms with Crippen molar-refractivity contribution in [3.8, 4) is 11.8 Å². The van der Waals surface area contributed by atoms with E-state index in [4.69, 9.17) is 9.47 Å². The highest BCUT2D eigenvalue weighted by Gasteiger charge is 2.32. The zero-order valence-electron chi connectivity index (χ0n) is 11.3. The van der Waals surface area contributed by atoms with Crippen molar-refractivity contribution in [3.63, 3.8) is 0 Å². The monoisotopic (exact) mass is 260 g/mol. The number of nitriles is 1. The van der Waals surface area contributed by atoms with Crippen LogP contribution in [0.3, 0.4) is 0 Å². The predicted octanol–water partition coefficient (Wildman–Crippen LogP) is 2.12. The quantitative estimate of drug-likeness (QED) is 0.727. The molecule has 1 saturated carbocycles. The normalized spacial score (nSPS) is 17.5. The summed E-state index contributed by atoms with van der Waals surface area (Å²) in [6.07, 6.45) is 2.32. The minimum atomic E-state index is -0.589. The number of ether oxygens (including phenoxy) is 2. The summed E-state index contributed by atoms with van der Waals surface area (Å²) >= 11 is 0. The zero-order valence-corrected chi connectivity index (χ0v) is 11.3. The Morgan fingerprint density at radius 1 is 1.32 bits per heavy atom. The van der Waals surface area contributed by atoms with Gasteiger partial charge in [-0.15, -0.1) is 0 Å². The largest absolute Gasteiger partial charge is 0.491 e. The van der Waals surface area contributed by atoms with Gasteiger partial charge in [-0.05, 0) is 31.9 Å². The van der Waals surface area contributed by atoms with Crippen molar-refractivity contribution in [2.24, 2.45) is 0 Å². The van der Waals surface area contributed by atoms with Gasteiger partial charge in [-0.3, -0.25) is 5.32 Å². The predicted molar refractivity (Wildman–Crippen MR) is 72.9 cm³/mol. The molecule has 1 N–H and O–H groups in total. The summed E-state index contributed by atoms with van der Waals surface area (Å²) in [5, 5.41) is 12.5. The van der Waals surface area contributed by atoms with Gasteiger partial charge in [0.1, 0.15) is 17.9 Å². The van der Waals surface area contributed by atoms with Crippen LogP contribution in [0.4, 0.5) is 0 Å². The Labute approximate surface area is 114 Å². The molecule has 1 aliphatic rings. The fraction of sp³-hybridized carbons (Fsp3) is 0.533. The van der Waals surface area contributed by atoms with Crippen molar-refractivity contribution in [2.45, 2.75) is 31.3 Å². The van der Waals surface area contributed by atoms with Crippen LogP contribution in [-0.2, 0) is 4.74 Å². The van der Waals surface area contributed by atoms with Crippen LogP contribution < -0.4 is 10.1 Å². The molecule has 4 heteroatoms. The van der Waals surface area contributed by atoms with Gasteiger partial charge in [0.25, 0.3) is 0 Å². The number of rotatable bonds is 8. The fourth-order valence-electron chi connectivity index (χ4n) is 1.80. The summed E-state index contributed by atoms with van der Waals surface area (Å²) in [6, 6.07) is 12.4. The number of benzene rings is 1. The highest BCUT2D eigenvalue weighted by atomic mass is 16.5. The molecule has 0 radical (unpaired) electrons. The smallest absolute Gasteiger partial charge is 0.127 e. The zero-order chi connectivity index (χ0) is 13.6. The van der Waals surface area contributed by atoms with Crippen molar-refractivity contribution in [3.05, 3.63) is 30.3 Å². The number of hydrogen-bond acceptors (Lipinski definition) is 4. The summed E-state index contributed by atoms with van der Waals surface area (Å²) in [5.74, 6) is 0.838. The lowest BCUT2D eigenvalue weighted by Gasteiger charge is -2.23. The standard InChI is InChI=1S/C15H20N2O2/c1-15(11-16,17-13-7-8-13)12-18-9-10-19-14-5-3-2-4-6-14/h2-6,13,17H,7-10,12H2,1H3. The molecule has 102 valence electrons. The van der Waals surface area contributed by atoms with E-state index in [1.165, 1.54) is 0 Å². The number of para-hydroxylation sites is 1. The maximum atomic E-state index is 9.17. The second-order valence-electron chi connectivity index (χ2n) is 5.08. The highest BCUT2D eigenvalue weighted by molar-refractivity contribution is 5.20. The molecular weight excluding hydrogens is 240 g/mol. The van der Waals surface area contributed by atoms with Gasteiger partial charge in [0.2, 0.25) is 0 Å². The molecule has 1 fully saturated rings. The van der Waals surface area contributed by atoms with E-state index in [0.29, 0.717) is 25.9 Å². The molecule has 0 aliphatic heterocycles. The van der Waals surface area contributed by atoms with E-state index in [2.05, 4.69) is 11.4 Å². The first kappa shape index (κ1) is 13.9. The molecule has 1 aliphatic carbocycles. The highest BCUT2D eigenvalue weighted by Crippen LogP contribution is 2.22. The van der Waals surface area contributed by atoms with Crippen LogP contribution >= 0.6 is 0 Å². The third-order valence-corrected chi connectivity index (χ3v) is 2.98. The molecule has 1 unspecified atom stereocenters. The van der Waals surface area contributed by atoms with E-state index in [9.17, 15) is 5.26 Å². The van der Waals surface area contributed by atoms with E-state index in [1.807, 2.05) is 37.3 Å². The van der Waals surface area contributed by atoms with Crippen LogP contribution in [0.1, 0.15) is 19.8 Å². The van der Waals surface area contributed by atoms with Gasteiger partial charge in [0.15, 0.2) is 0 Å². The van der Waals surface area contributed by atoms with Gasteiger partial charge in [0.05, 0.1) is 19.3 Å². The average molecular weight is 260 g/mol. The maximum Gasteiger partial charge on any atom is 0.127 e. The molecule has 2 rings (SSSR count). The van der Waals surface area contributed by atoms with Crippen molar-refractivity contribution in [1.29, 1.82) is 5.26 Å². The van der Waals surface area contributed by atoms with E-state index >= 15 is 0 Å². The van der Waals surface area contributed by atoms with Crippen molar-refractivity contribution in [2.75, 3.05) is 19.8 Å². The Morgan fingerprint density at radius 3 is 2.68 bits per heavy atom.